The van der Waals surface area contributed by atoms with Crippen LogP contribution >= 0.6 is 0 Å². The first-order valence-corrected chi connectivity index (χ1v) is 31.6. The number of hydrogen-bond donors (Lipinski definition) is 2. The van der Waals surface area contributed by atoms with Gasteiger partial charge in [0.2, 0.25) is 0 Å². The topological polar surface area (TPSA) is 58.2 Å². The van der Waals surface area contributed by atoms with Crippen LogP contribution in [-0.4, -0.2) is 11.8 Å². The molecule has 4 rings (SSSR count). The number of hydrazine groups is 1. The maximum atomic E-state index is 13.0. The number of carbonyl (C=O) groups excluding carboxylic acids is 2. The molecule has 0 unspecified atom stereocenters. The van der Waals surface area contributed by atoms with Crippen LogP contribution in [0.4, 0.5) is 0 Å². The lowest BCUT2D eigenvalue weighted by Gasteiger charge is -2.10. The summed E-state index contributed by atoms with van der Waals surface area (Å²) in [5, 5.41) is 0. The molecule has 4 heteroatoms. The summed E-state index contributed by atoms with van der Waals surface area (Å²) >= 11 is 0. The molecule has 0 radical (unpaired) electrons. The van der Waals surface area contributed by atoms with E-state index in [9.17, 15) is 9.59 Å². The van der Waals surface area contributed by atoms with Crippen LogP contribution in [0.1, 0.15) is 303 Å². The van der Waals surface area contributed by atoms with Crippen LogP contribution in [-0.2, 0) is 12.8 Å². The van der Waals surface area contributed by atoms with Gasteiger partial charge < -0.3 is 0 Å². The second-order valence-corrected chi connectivity index (χ2v) is 22.4. The largest absolute Gasteiger partial charge is 0.269 e. The molecule has 0 saturated carbocycles. The summed E-state index contributed by atoms with van der Waals surface area (Å²) in [6.45, 7) is 4.60. The number of hydrogen-bond acceptors (Lipinski definition) is 2. The quantitative estimate of drug-likeness (QED) is 0.0342. The van der Waals surface area contributed by atoms with E-state index in [1.54, 1.807) is 0 Å². The van der Waals surface area contributed by atoms with E-state index in [4.69, 9.17) is 0 Å². The molecule has 0 bridgehead atoms. The van der Waals surface area contributed by atoms with Gasteiger partial charge in [-0.25, -0.2) is 0 Å². The van der Waals surface area contributed by atoms with E-state index in [1.165, 1.54) is 268 Å². The summed E-state index contributed by atoms with van der Waals surface area (Å²) in [7, 11) is 0. The average molecular weight is 1010 g/mol. The minimum absolute atomic E-state index is 0.345. The van der Waals surface area contributed by atoms with Gasteiger partial charge >= 0.3 is 0 Å². The van der Waals surface area contributed by atoms with Gasteiger partial charge in [0.15, 0.2) is 0 Å². The zero-order valence-corrected chi connectivity index (χ0v) is 47.8. The molecule has 4 aromatic carbocycles. The van der Waals surface area contributed by atoms with Crippen LogP contribution in [0.3, 0.4) is 0 Å². The van der Waals surface area contributed by atoms with E-state index in [2.05, 4.69) is 73.2 Å². The third-order valence-corrected chi connectivity index (χ3v) is 15.8. The third-order valence-electron chi connectivity index (χ3n) is 15.8. The first kappa shape index (κ1) is 62.4. The average Bonchev–Trinajstić information content (AvgIpc) is 3.43. The monoisotopic (exact) mass is 1010 g/mol. The summed E-state index contributed by atoms with van der Waals surface area (Å²) in [4.78, 5) is 25.9. The summed E-state index contributed by atoms with van der Waals surface area (Å²) in [6, 6.07) is 32.9. The summed E-state index contributed by atoms with van der Waals surface area (Å²) in [5.41, 5.74) is 13.4. The highest BCUT2D eigenvalue weighted by molar-refractivity contribution is 5.99. The first-order chi connectivity index (χ1) is 36.6. The predicted octanol–water partition coefficient (Wildman–Crippen LogP) is 21.8. The van der Waals surface area contributed by atoms with Crippen molar-refractivity contribution in [1.29, 1.82) is 0 Å². The van der Waals surface area contributed by atoms with Crippen molar-refractivity contribution in [2.75, 3.05) is 0 Å². The van der Waals surface area contributed by atoms with Crippen molar-refractivity contribution < 1.29 is 9.59 Å². The normalized spacial score (nSPS) is 11.3. The molecule has 0 fully saturated rings. The van der Waals surface area contributed by atoms with Crippen LogP contribution in [0, 0.1) is 0 Å². The fourth-order valence-electron chi connectivity index (χ4n) is 10.8. The van der Waals surface area contributed by atoms with Crippen LogP contribution < -0.4 is 10.9 Å². The van der Waals surface area contributed by atoms with Crippen molar-refractivity contribution in [3.8, 4) is 22.3 Å². The third kappa shape index (κ3) is 29.8. The van der Waals surface area contributed by atoms with Gasteiger partial charge in [-0.15, -0.1) is 0 Å². The number of unbranched alkanes of at least 4 members (excludes halogenated alkanes) is 38. The Morgan fingerprint density at radius 2 is 0.419 bits per heavy atom. The van der Waals surface area contributed by atoms with Crippen molar-refractivity contribution in [3.05, 3.63) is 119 Å². The standard InChI is InChI=1S/C70H108N2O2/c1-3-5-7-9-11-13-15-17-19-21-23-25-27-29-31-33-35-37-39-41-43-61-45-49-63(50-46-61)65-53-57-67(58-54-65)69(73)71-72-70(74)68-59-55-66(56-60-68)64-51-47-62(48-52-64)44-42-40-38-36-34-32-30-28-26-24-22-20-18-16-14-12-10-8-6-4-2/h45-60H,3-44H2,1-2H3,(H,71,73)(H,72,74). The number of nitrogens with one attached hydrogen (secondary N) is 2. The Balaban J connectivity index is 0.967. The molecular weight excluding hydrogens is 901 g/mol. The Morgan fingerprint density at radius 3 is 0.622 bits per heavy atom. The highest BCUT2D eigenvalue weighted by atomic mass is 16.2. The smallest absolute Gasteiger partial charge is 0.267 e. The van der Waals surface area contributed by atoms with E-state index >= 15 is 0 Å². The summed E-state index contributed by atoms with van der Waals surface area (Å²) in [5.74, 6) is -0.690. The van der Waals surface area contributed by atoms with Crippen LogP contribution in [0.2, 0.25) is 0 Å². The SMILES string of the molecule is CCCCCCCCCCCCCCCCCCCCCCc1ccc(-c2ccc(C(=O)NNC(=O)c3ccc(-c4ccc(CCCCCCCCCCCCCCCCCCCCCC)cc4)cc3)cc2)cc1. The van der Waals surface area contributed by atoms with Gasteiger partial charge in [-0.05, 0) is 83.3 Å². The Bertz CT molecular complexity index is 1790. The van der Waals surface area contributed by atoms with Crippen molar-refractivity contribution in [2.45, 2.75) is 284 Å². The maximum Gasteiger partial charge on any atom is 0.269 e. The number of carbonyl (C=O) groups is 2. The Kier molecular flexibility index (Phi) is 36.2. The van der Waals surface area contributed by atoms with Crippen LogP contribution in [0.25, 0.3) is 22.3 Å². The summed E-state index contributed by atoms with van der Waals surface area (Å²) < 4.78 is 0. The van der Waals surface area contributed by atoms with E-state index in [0.29, 0.717) is 11.1 Å². The Labute approximate surface area is 455 Å². The summed E-state index contributed by atoms with van der Waals surface area (Å²) in [6.07, 6.45) is 58.6. The van der Waals surface area contributed by atoms with Gasteiger partial charge in [0.25, 0.3) is 11.8 Å². The number of rotatable bonds is 46. The van der Waals surface area contributed by atoms with Crippen molar-refractivity contribution in [2.24, 2.45) is 0 Å². The van der Waals surface area contributed by atoms with Crippen LogP contribution in [0.15, 0.2) is 97.1 Å². The molecule has 0 atom stereocenters. The molecule has 0 aliphatic rings. The molecular formula is C70H108N2O2. The fraction of sp³-hybridized carbons (Fsp3) is 0.629. The molecule has 0 spiro atoms. The number of aryl methyl sites for hydroxylation is 2. The Hall–Kier alpha value is -4.18. The highest BCUT2D eigenvalue weighted by Crippen LogP contribution is 2.24. The molecule has 2 amide bonds. The van der Waals surface area contributed by atoms with Crippen molar-refractivity contribution in [3.63, 3.8) is 0 Å². The molecule has 0 aliphatic heterocycles. The van der Waals surface area contributed by atoms with Crippen LogP contribution in [0.5, 0.6) is 0 Å². The zero-order chi connectivity index (χ0) is 52.2. The number of amides is 2. The molecule has 0 heterocycles. The first-order valence-electron chi connectivity index (χ1n) is 31.6. The van der Waals surface area contributed by atoms with E-state index < -0.39 is 0 Å². The highest BCUT2D eigenvalue weighted by Gasteiger charge is 2.11. The lowest BCUT2D eigenvalue weighted by Crippen LogP contribution is -2.41. The molecule has 74 heavy (non-hydrogen) atoms. The second kappa shape index (κ2) is 43.0. The van der Waals surface area contributed by atoms with E-state index in [1.807, 2.05) is 48.5 Å². The number of benzene rings is 4. The van der Waals surface area contributed by atoms with E-state index in [0.717, 1.165) is 35.1 Å². The predicted molar refractivity (Wildman–Crippen MR) is 322 cm³/mol. The van der Waals surface area contributed by atoms with E-state index in [-0.39, 0.29) is 11.8 Å². The Morgan fingerprint density at radius 1 is 0.243 bits per heavy atom. The lowest BCUT2D eigenvalue weighted by molar-refractivity contribution is 0.0846. The molecule has 410 valence electrons. The molecule has 0 aliphatic carbocycles. The zero-order valence-electron chi connectivity index (χ0n) is 47.8. The van der Waals surface area contributed by atoms with Crippen molar-refractivity contribution >= 4 is 11.8 Å². The van der Waals surface area contributed by atoms with Gasteiger partial charge in [-0.2, -0.15) is 0 Å². The lowest BCUT2D eigenvalue weighted by atomic mass is 9.99. The molecule has 2 N–H and O–H groups in total. The molecule has 0 aromatic heterocycles. The fourth-order valence-corrected chi connectivity index (χ4v) is 10.8. The molecule has 0 saturated heterocycles. The van der Waals surface area contributed by atoms with Gasteiger partial charge in [-0.3, -0.25) is 20.4 Å². The molecule has 4 nitrogen and oxygen atoms in total. The minimum Gasteiger partial charge on any atom is -0.267 e. The van der Waals surface area contributed by atoms with Crippen molar-refractivity contribution in [1.82, 2.24) is 10.9 Å². The molecule has 4 aromatic rings. The van der Waals surface area contributed by atoms with Gasteiger partial charge in [0.05, 0.1) is 0 Å². The van der Waals surface area contributed by atoms with Gasteiger partial charge in [0.1, 0.15) is 0 Å². The van der Waals surface area contributed by atoms with Gasteiger partial charge in [0, 0.05) is 11.1 Å². The maximum absolute atomic E-state index is 13.0. The minimum atomic E-state index is -0.345. The second-order valence-electron chi connectivity index (χ2n) is 22.4. The van der Waals surface area contributed by atoms with Gasteiger partial charge in [-0.1, -0.05) is 331 Å².